The number of amides is 1. The van der Waals surface area contributed by atoms with Crippen LogP contribution in [0.25, 0.3) is 0 Å². The molecule has 8 heteroatoms. The van der Waals surface area contributed by atoms with Gasteiger partial charge in [-0.3, -0.25) is 19.0 Å². The number of carbonyl (C=O) groups excluding carboxylic acids is 1. The number of hydrogen-bond donors (Lipinski definition) is 2. The fraction of sp³-hybridized carbons (Fsp3) is 0.333. The second-order valence-electron chi connectivity index (χ2n) is 4.27. The van der Waals surface area contributed by atoms with Crippen molar-refractivity contribution in [2.45, 2.75) is 19.9 Å². The van der Waals surface area contributed by atoms with Crippen LogP contribution in [0.15, 0.2) is 18.5 Å². The number of nitrogens with zero attached hydrogens (tertiary/aromatic N) is 4. The predicted molar refractivity (Wildman–Crippen MR) is 70.4 cm³/mol. The molecule has 0 aliphatic rings. The van der Waals surface area contributed by atoms with Crippen molar-refractivity contribution in [2.24, 2.45) is 7.05 Å². The van der Waals surface area contributed by atoms with Gasteiger partial charge in [0.15, 0.2) is 0 Å². The number of rotatable bonds is 5. The molecule has 8 nitrogen and oxygen atoms in total. The van der Waals surface area contributed by atoms with E-state index in [0.29, 0.717) is 11.4 Å². The highest BCUT2D eigenvalue weighted by Crippen LogP contribution is 2.09. The van der Waals surface area contributed by atoms with E-state index in [0.717, 1.165) is 12.1 Å². The van der Waals surface area contributed by atoms with Gasteiger partial charge >= 0.3 is 5.97 Å². The molecular formula is C12H15N5O3. The summed E-state index contributed by atoms with van der Waals surface area (Å²) >= 11 is 0. The summed E-state index contributed by atoms with van der Waals surface area (Å²) in [6.07, 6.45) is 3.61. The molecule has 2 N–H and O–H groups in total. The fourth-order valence-electron chi connectivity index (χ4n) is 1.76. The van der Waals surface area contributed by atoms with Crippen LogP contribution < -0.4 is 5.32 Å². The number of carbonyl (C=O) groups is 2. The van der Waals surface area contributed by atoms with E-state index < -0.39 is 5.97 Å². The van der Waals surface area contributed by atoms with Crippen LogP contribution in [0.4, 0.5) is 5.69 Å². The van der Waals surface area contributed by atoms with Gasteiger partial charge in [0.1, 0.15) is 12.2 Å². The van der Waals surface area contributed by atoms with Crippen molar-refractivity contribution in [1.29, 1.82) is 0 Å². The average Bonchev–Trinajstić information content (AvgIpc) is 2.95. The quantitative estimate of drug-likeness (QED) is 0.829. The molecular weight excluding hydrogens is 262 g/mol. The zero-order valence-electron chi connectivity index (χ0n) is 11.2. The van der Waals surface area contributed by atoms with Crippen LogP contribution in [0.2, 0.25) is 0 Å². The van der Waals surface area contributed by atoms with E-state index in [1.165, 1.54) is 21.8 Å². The molecule has 2 aromatic heterocycles. The fourth-order valence-corrected chi connectivity index (χ4v) is 1.76. The summed E-state index contributed by atoms with van der Waals surface area (Å²) < 4.78 is 2.74. The number of hydrogen-bond acceptors (Lipinski definition) is 4. The lowest BCUT2D eigenvalue weighted by Crippen LogP contribution is -2.15. The second kappa shape index (κ2) is 5.55. The number of nitrogens with one attached hydrogen (secondary N) is 1. The maximum atomic E-state index is 12.1. The SMILES string of the molecule is CCc1cc(C(=O)Nc2cnn(CC(=O)O)c2)n(C)n1. The highest BCUT2D eigenvalue weighted by Gasteiger charge is 2.13. The third kappa shape index (κ3) is 3.02. The number of aryl methyl sites for hydroxylation is 2. The molecule has 0 saturated carbocycles. The Balaban J connectivity index is 2.09. The topological polar surface area (TPSA) is 102 Å². The molecule has 0 aliphatic heterocycles. The monoisotopic (exact) mass is 277 g/mol. The van der Waals surface area contributed by atoms with E-state index in [2.05, 4.69) is 15.5 Å². The van der Waals surface area contributed by atoms with Gasteiger partial charge in [-0.25, -0.2) is 0 Å². The molecule has 0 aromatic carbocycles. The van der Waals surface area contributed by atoms with Gasteiger partial charge in [0.2, 0.25) is 0 Å². The molecule has 0 bridgehead atoms. The Morgan fingerprint density at radius 1 is 1.45 bits per heavy atom. The van der Waals surface area contributed by atoms with Crippen LogP contribution >= 0.6 is 0 Å². The van der Waals surface area contributed by atoms with Gasteiger partial charge in [0.05, 0.1) is 17.6 Å². The Bertz CT molecular complexity index is 643. The summed E-state index contributed by atoms with van der Waals surface area (Å²) in [6, 6.07) is 1.72. The lowest BCUT2D eigenvalue weighted by molar-refractivity contribution is -0.137. The minimum atomic E-state index is -0.995. The molecule has 0 aliphatic carbocycles. The van der Waals surface area contributed by atoms with Gasteiger partial charge in [-0.05, 0) is 12.5 Å². The Morgan fingerprint density at radius 3 is 2.80 bits per heavy atom. The molecule has 106 valence electrons. The van der Waals surface area contributed by atoms with Gasteiger partial charge in [0.25, 0.3) is 5.91 Å². The first-order valence-corrected chi connectivity index (χ1v) is 6.08. The number of aromatic nitrogens is 4. The van der Waals surface area contributed by atoms with E-state index in [9.17, 15) is 9.59 Å². The van der Waals surface area contributed by atoms with Gasteiger partial charge in [-0.15, -0.1) is 0 Å². The van der Waals surface area contributed by atoms with Crippen molar-refractivity contribution >= 4 is 17.6 Å². The maximum Gasteiger partial charge on any atom is 0.325 e. The predicted octanol–water partition coefficient (Wildman–Crippen LogP) is 0.516. The van der Waals surface area contributed by atoms with Gasteiger partial charge in [-0.1, -0.05) is 6.92 Å². The molecule has 2 heterocycles. The Hall–Kier alpha value is -2.64. The molecule has 2 rings (SSSR count). The van der Waals surface area contributed by atoms with Crippen LogP contribution in [0, 0.1) is 0 Å². The van der Waals surface area contributed by atoms with Crippen molar-refractivity contribution in [1.82, 2.24) is 19.6 Å². The average molecular weight is 277 g/mol. The van der Waals surface area contributed by atoms with E-state index >= 15 is 0 Å². The van der Waals surface area contributed by atoms with Crippen molar-refractivity contribution in [3.8, 4) is 0 Å². The Labute approximate surface area is 115 Å². The van der Waals surface area contributed by atoms with Crippen LogP contribution in [-0.2, 0) is 24.8 Å². The standard InChI is InChI=1S/C12H15N5O3/c1-3-8-4-10(16(2)15-8)12(20)14-9-5-13-17(6-9)7-11(18)19/h4-6H,3,7H2,1-2H3,(H,14,20)(H,18,19). The lowest BCUT2D eigenvalue weighted by atomic mass is 10.3. The molecule has 0 radical (unpaired) electrons. The van der Waals surface area contributed by atoms with Gasteiger partial charge in [-0.2, -0.15) is 10.2 Å². The summed E-state index contributed by atoms with van der Waals surface area (Å²) in [7, 11) is 1.70. The molecule has 0 spiro atoms. The summed E-state index contributed by atoms with van der Waals surface area (Å²) in [6.45, 7) is 1.71. The maximum absolute atomic E-state index is 12.1. The summed E-state index contributed by atoms with van der Waals surface area (Å²) in [4.78, 5) is 22.6. The van der Waals surface area contributed by atoms with Crippen LogP contribution in [0.5, 0.6) is 0 Å². The highest BCUT2D eigenvalue weighted by atomic mass is 16.4. The largest absolute Gasteiger partial charge is 0.480 e. The third-order valence-electron chi connectivity index (χ3n) is 2.71. The van der Waals surface area contributed by atoms with Crippen molar-refractivity contribution < 1.29 is 14.7 Å². The minimum Gasteiger partial charge on any atom is -0.480 e. The Morgan fingerprint density at radius 2 is 2.20 bits per heavy atom. The summed E-state index contributed by atoms with van der Waals surface area (Å²) in [5.74, 6) is -1.31. The highest BCUT2D eigenvalue weighted by molar-refractivity contribution is 6.03. The zero-order chi connectivity index (χ0) is 14.7. The molecule has 0 fully saturated rings. The van der Waals surface area contributed by atoms with Crippen molar-refractivity contribution in [2.75, 3.05) is 5.32 Å². The molecule has 20 heavy (non-hydrogen) atoms. The van der Waals surface area contributed by atoms with Gasteiger partial charge < -0.3 is 10.4 Å². The zero-order valence-corrected chi connectivity index (χ0v) is 11.2. The van der Waals surface area contributed by atoms with Crippen molar-refractivity contribution in [3.63, 3.8) is 0 Å². The normalized spacial score (nSPS) is 10.5. The van der Waals surface area contributed by atoms with Crippen LogP contribution in [-0.4, -0.2) is 36.5 Å². The molecule has 0 unspecified atom stereocenters. The smallest absolute Gasteiger partial charge is 0.325 e. The first-order chi connectivity index (χ1) is 9.49. The third-order valence-corrected chi connectivity index (χ3v) is 2.71. The molecule has 0 saturated heterocycles. The number of carboxylic acids is 1. The number of aliphatic carboxylic acids is 1. The van der Waals surface area contributed by atoms with Crippen LogP contribution in [0.3, 0.4) is 0 Å². The first kappa shape index (κ1) is 13.8. The van der Waals surface area contributed by atoms with E-state index in [1.807, 2.05) is 6.92 Å². The molecule has 2 aromatic rings. The van der Waals surface area contributed by atoms with E-state index in [1.54, 1.807) is 13.1 Å². The van der Waals surface area contributed by atoms with Crippen LogP contribution in [0.1, 0.15) is 23.1 Å². The number of carboxylic acid groups (broad SMARTS) is 1. The first-order valence-electron chi connectivity index (χ1n) is 6.08. The van der Waals surface area contributed by atoms with Crippen molar-refractivity contribution in [3.05, 3.63) is 29.8 Å². The van der Waals surface area contributed by atoms with E-state index in [4.69, 9.17) is 5.11 Å². The molecule has 1 amide bonds. The number of anilines is 1. The summed E-state index contributed by atoms with van der Waals surface area (Å²) in [5, 5.41) is 19.3. The minimum absolute atomic E-state index is 0.248. The summed E-state index contributed by atoms with van der Waals surface area (Å²) in [5.41, 5.74) is 1.71. The van der Waals surface area contributed by atoms with Gasteiger partial charge in [0, 0.05) is 13.2 Å². The molecule has 0 atom stereocenters. The Kier molecular flexibility index (Phi) is 3.83. The second-order valence-corrected chi connectivity index (χ2v) is 4.27. The lowest BCUT2D eigenvalue weighted by Gasteiger charge is -2.01. The van der Waals surface area contributed by atoms with E-state index in [-0.39, 0.29) is 12.5 Å².